The maximum Gasteiger partial charge on any atom is 0.193 e. The van der Waals surface area contributed by atoms with E-state index in [4.69, 9.17) is 4.99 Å². The molecule has 0 amide bonds. The lowest BCUT2D eigenvalue weighted by Crippen LogP contribution is -2.57. The lowest BCUT2D eigenvalue weighted by molar-refractivity contribution is 0.272. The van der Waals surface area contributed by atoms with Crippen LogP contribution in [0.1, 0.15) is 59.8 Å². The van der Waals surface area contributed by atoms with Crippen LogP contribution in [0.5, 0.6) is 0 Å². The van der Waals surface area contributed by atoms with Gasteiger partial charge in [-0.1, -0.05) is 26.2 Å². The Bertz CT molecular complexity index is 542. The zero-order chi connectivity index (χ0) is 17.8. The molecular formula is C18H35N3O2S. The minimum Gasteiger partial charge on any atom is -0.357 e. The van der Waals surface area contributed by atoms with Crippen molar-refractivity contribution in [2.75, 3.05) is 31.9 Å². The molecule has 2 fully saturated rings. The zero-order valence-electron chi connectivity index (χ0n) is 15.8. The van der Waals surface area contributed by atoms with Crippen LogP contribution in [0.15, 0.2) is 4.99 Å². The first kappa shape index (κ1) is 19.5. The summed E-state index contributed by atoms with van der Waals surface area (Å²) in [6.07, 6.45) is 6.55. The van der Waals surface area contributed by atoms with Gasteiger partial charge in [0.05, 0.1) is 10.5 Å². The van der Waals surface area contributed by atoms with E-state index >= 15 is 0 Å². The van der Waals surface area contributed by atoms with E-state index in [0.29, 0.717) is 13.1 Å². The molecular weight excluding hydrogens is 322 g/mol. The highest BCUT2D eigenvalue weighted by Gasteiger charge is 2.40. The van der Waals surface area contributed by atoms with Crippen LogP contribution < -0.4 is 5.32 Å². The van der Waals surface area contributed by atoms with Crippen LogP contribution in [0.4, 0.5) is 0 Å². The fraction of sp³-hybridized carbons (Fsp3) is 0.944. The lowest BCUT2D eigenvalue weighted by Gasteiger charge is -2.39. The van der Waals surface area contributed by atoms with Crippen molar-refractivity contribution in [3.8, 4) is 0 Å². The quantitative estimate of drug-likeness (QED) is 0.621. The Balaban J connectivity index is 1.95. The van der Waals surface area contributed by atoms with Crippen LogP contribution in [0.25, 0.3) is 0 Å². The van der Waals surface area contributed by atoms with Gasteiger partial charge in [-0.3, -0.25) is 4.99 Å². The fourth-order valence-electron chi connectivity index (χ4n) is 3.93. The van der Waals surface area contributed by atoms with Crippen LogP contribution in [0.3, 0.4) is 0 Å². The molecule has 1 saturated heterocycles. The van der Waals surface area contributed by atoms with Crippen LogP contribution in [0, 0.1) is 11.8 Å². The van der Waals surface area contributed by atoms with Gasteiger partial charge in [-0.25, -0.2) is 8.42 Å². The summed E-state index contributed by atoms with van der Waals surface area (Å²) < 4.78 is 23.7. The largest absolute Gasteiger partial charge is 0.357 e. The summed E-state index contributed by atoms with van der Waals surface area (Å²) in [5, 5.41) is 3.35. The van der Waals surface area contributed by atoms with Gasteiger partial charge in [-0.15, -0.1) is 0 Å². The average Bonchev–Trinajstić information content (AvgIpc) is 2.49. The summed E-state index contributed by atoms with van der Waals surface area (Å²) in [6, 6.07) is 0. The van der Waals surface area contributed by atoms with E-state index < -0.39 is 14.6 Å². The third kappa shape index (κ3) is 4.87. The molecule has 2 atom stereocenters. The fourth-order valence-corrected chi connectivity index (χ4v) is 5.29. The lowest BCUT2D eigenvalue weighted by atomic mass is 9.81. The molecule has 0 aromatic carbocycles. The maximum atomic E-state index is 12.2. The Labute approximate surface area is 148 Å². The smallest absolute Gasteiger partial charge is 0.193 e. The molecule has 1 aliphatic carbocycles. The number of rotatable bonds is 4. The van der Waals surface area contributed by atoms with Crippen LogP contribution in [0.2, 0.25) is 0 Å². The molecule has 2 unspecified atom stereocenters. The second kappa shape index (κ2) is 8.07. The first-order valence-electron chi connectivity index (χ1n) is 9.50. The summed E-state index contributed by atoms with van der Waals surface area (Å²) in [6.45, 7) is 10.8. The second-order valence-corrected chi connectivity index (χ2v) is 10.9. The molecule has 1 saturated carbocycles. The summed E-state index contributed by atoms with van der Waals surface area (Å²) in [7, 11) is -3.01. The van der Waals surface area contributed by atoms with Gasteiger partial charge >= 0.3 is 0 Å². The van der Waals surface area contributed by atoms with Crippen molar-refractivity contribution in [2.45, 2.75) is 64.5 Å². The van der Waals surface area contributed by atoms with E-state index in [1.807, 2.05) is 13.8 Å². The molecule has 2 aliphatic rings. The summed E-state index contributed by atoms with van der Waals surface area (Å²) in [5.74, 6) is 2.75. The summed E-state index contributed by atoms with van der Waals surface area (Å²) in [4.78, 5) is 6.93. The predicted molar refractivity (Wildman–Crippen MR) is 101 cm³/mol. The number of nitrogens with one attached hydrogen (secondary N) is 1. The number of hydrogen-bond acceptors (Lipinski definition) is 3. The van der Waals surface area contributed by atoms with Gasteiger partial charge in [0.25, 0.3) is 0 Å². The van der Waals surface area contributed by atoms with Gasteiger partial charge in [0.1, 0.15) is 0 Å². The highest BCUT2D eigenvalue weighted by atomic mass is 32.2. The third-order valence-electron chi connectivity index (χ3n) is 5.52. The Morgan fingerprint density at radius 1 is 1.33 bits per heavy atom. The number of hydrogen-bond donors (Lipinski definition) is 1. The topological polar surface area (TPSA) is 61.8 Å². The van der Waals surface area contributed by atoms with Crippen LogP contribution in [-0.2, 0) is 9.84 Å². The number of guanidine groups is 1. The van der Waals surface area contributed by atoms with Crippen LogP contribution in [-0.4, -0.2) is 56.0 Å². The second-order valence-electron chi connectivity index (χ2n) is 8.16. The normalized spacial score (nSPS) is 30.2. The standard InChI is InChI=1S/C18H35N3O2S/c1-5-19-17(20-10-9-16-8-6-7-15(2)13-16)21-11-12-24(22,23)18(3,4)14-21/h15-16H,5-14H2,1-4H3,(H,19,20). The maximum absolute atomic E-state index is 12.2. The molecule has 5 nitrogen and oxygen atoms in total. The van der Waals surface area contributed by atoms with Gasteiger partial charge in [0.15, 0.2) is 15.8 Å². The first-order valence-corrected chi connectivity index (χ1v) is 11.2. The van der Waals surface area contributed by atoms with Crippen molar-refractivity contribution < 1.29 is 8.42 Å². The summed E-state index contributed by atoms with van der Waals surface area (Å²) >= 11 is 0. The minimum atomic E-state index is -3.01. The van der Waals surface area contributed by atoms with Crippen molar-refractivity contribution in [2.24, 2.45) is 16.8 Å². The molecule has 0 spiro atoms. The van der Waals surface area contributed by atoms with E-state index in [1.165, 1.54) is 25.7 Å². The number of nitrogens with zero attached hydrogens (tertiary/aromatic N) is 2. The zero-order valence-corrected chi connectivity index (χ0v) is 16.7. The van der Waals surface area contributed by atoms with Crippen molar-refractivity contribution in [1.29, 1.82) is 0 Å². The Kier molecular flexibility index (Phi) is 6.57. The molecule has 24 heavy (non-hydrogen) atoms. The number of sulfone groups is 1. The van der Waals surface area contributed by atoms with E-state index in [9.17, 15) is 8.42 Å². The molecule has 0 aromatic heterocycles. The van der Waals surface area contributed by atoms with Crippen molar-refractivity contribution in [3.05, 3.63) is 0 Å². The molecule has 1 aliphatic heterocycles. The summed E-state index contributed by atoms with van der Waals surface area (Å²) in [5.41, 5.74) is 0. The van der Waals surface area contributed by atoms with Gasteiger partial charge in [-0.2, -0.15) is 0 Å². The SMILES string of the molecule is CCNC(=NCCC1CCCC(C)C1)N1CCS(=O)(=O)C(C)(C)C1. The molecule has 6 heteroatoms. The first-order chi connectivity index (χ1) is 11.2. The van der Waals surface area contributed by atoms with Gasteiger partial charge in [-0.05, 0) is 45.4 Å². The minimum absolute atomic E-state index is 0.213. The van der Waals surface area contributed by atoms with Crippen molar-refractivity contribution in [1.82, 2.24) is 10.2 Å². The average molecular weight is 358 g/mol. The van der Waals surface area contributed by atoms with E-state index in [1.54, 1.807) is 0 Å². The Morgan fingerprint density at radius 2 is 2.08 bits per heavy atom. The Morgan fingerprint density at radius 3 is 2.71 bits per heavy atom. The molecule has 0 radical (unpaired) electrons. The van der Waals surface area contributed by atoms with Gasteiger partial charge in [0, 0.05) is 26.2 Å². The third-order valence-corrected chi connectivity index (χ3v) is 8.05. The Hall–Kier alpha value is -0.780. The molecule has 1 heterocycles. The number of aliphatic imine (C=N–C) groups is 1. The van der Waals surface area contributed by atoms with Crippen LogP contribution >= 0.6 is 0 Å². The van der Waals surface area contributed by atoms with E-state index in [-0.39, 0.29) is 5.75 Å². The predicted octanol–water partition coefficient (Wildman–Crippen LogP) is 2.68. The monoisotopic (exact) mass is 357 g/mol. The van der Waals surface area contributed by atoms with E-state index in [2.05, 4.69) is 24.1 Å². The van der Waals surface area contributed by atoms with Gasteiger partial charge in [0.2, 0.25) is 0 Å². The molecule has 0 aromatic rings. The molecule has 1 N–H and O–H groups in total. The van der Waals surface area contributed by atoms with Crippen molar-refractivity contribution >= 4 is 15.8 Å². The molecule has 140 valence electrons. The van der Waals surface area contributed by atoms with Crippen molar-refractivity contribution in [3.63, 3.8) is 0 Å². The molecule has 0 bridgehead atoms. The highest BCUT2D eigenvalue weighted by Crippen LogP contribution is 2.30. The van der Waals surface area contributed by atoms with E-state index in [0.717, 1.165) is 37.3 Å². The highest BCUT2D eigenvalue weighted by molar-refractivity contribution is 7.92. The van der Waals surface area contributed by atoms with Gasteiger partial charge < -0.3 is 10.2 Å². The molecule has 2 rings (SSSR count).